The zero-order valence-electron chi connectivity index (χ0n) is 13.9. The molecule has 5 nitrogen and oxygen atoms in total. The lowest BCUT2D eigenvalue weighted by Gasteiger charge is -2.02. The van der Waals surface area contributed by atoms with E-state index in [1.54, 1.807) is 30.3 Å². The number of nitrogens with one attached hydrogen (secondary N) is 1. The molecule has 27 heavy (non-hydrogen) atoms. The maximum absolute atomic E-state index is 12.3. The number of hydrogen-bond acceptors (Lipinski definition) is 4. The van der Waals surface area contributed by atoms with Crippen LogP contribution in [0.4, 0.5) is 0 Å². The molecule has 0 aliphatic heterocycles. The first-order valence-electron chi connectivity index (χ1n) is 8.11. The third-order valence-corrected chi connectivity index (χ3v) is 4.51. The van der Waals surface area contributed by atoms with Gasteiger partial charge in [0, 0.05) is 16.1 Å². The van der Waals surface area contributed by atoms with Crippen molar-refractivity contribution in [2.24, 2.45) is 0 Å². The van der Waals surface area contributed by atoms with Crippen LogP contribution in [0.25, 0.3) is 33.9 Å². The first-order valence-corrected chi connectivity index (χ1v) is 8.90. The Labute approximate surface area is 162 Å². The number of halogens is 1. The fraction of sp³-hybridized carbons (Fsp3) is 0. The van der Waals surface area contributed by atoms with Crippen LogP contribution in [0.1, 0.15) is 11.6 Å². The molecule has 0 saturated carbocycles. The smallest absolute Gasteiger partial charge is 0.259 e. The van der Waals surface area contributed by atoms with Gasteiger partial charge in [-0.05, 0) is 30.3 Å². The Balaban J connectivity index is 1.76. The summed E-state index contributed by atoms with van der Waals surface area (Å²) in [5, 5.41) is 10.00. The number of nitrogens with zero attached hydrogens (tertiary/aromatic N) is 2. The normalized spacial score (nSPS) is 11.5. The third-order valence-electron chi connectivity index (χ3n) is 4.01. The maximum atomic E-state index is 12.3. The Kier molecular flexibility index (Phi) is 4.45. The Bertz CT molecular complexity index is 1260. The van der Waals surface area contributed by atoms with E-state index in [9.17, 15) is 10.1 Å². The number of aromatic nitrogens is 2. The number of fused-ring (bicyclic) bond motifs is 1. The van der Waals surface area contributed by atoms with Gasteiger partial charge in [0.05, 0.1) is 16.5 Å². The summed E-state index contributed by atoms with van der Waals surface area (Å²) in [6.07, 6.45) is 1.56. The standard InChI is InChI=1S/C21H12BrN3O2/c22-15-6-8-18-17(11-15)21(26)25-20(24-18)14(12-23)10-16-7-9-19(27-16)13-4-2-1-3-5-13/h1-11H,(H,24,25,26). The van der Waals surface area contributed by atoms with Crippen molar-refractivity contribution in [2.75, 3.05) is 0 Å². The van der Waals surface area contributed by atoms with Crippen LogP contribution in [0, 0.1) is 11.3 Å². The van der Waals surface area contributed by atoms with Crippen molar-refractivity contribution in [3.63, 3.8) is 0 Å². The Morgan fingerprint density at radius 3 is 2.74 bits per heavy atom. The predicted octanol–water partition coefficient (Wildman–Crippen LogP) is 5.01. The van der Waals surface area contributed by atoms with Crippen molar-refractivity contribution < 1.29 is 4.42 Å². The van der Waals surface area contributed by atoms with Crippen LogP contribution in [0.15, 0.2) is 74.3 Å². The number of benzene rings is 2. The molecule has 2 aromatic carbocycles. The van der Waals surface area contributed by atoms with Crippen LogP contribution in [0.2, 0.25) is 0 Å². The lowest BCUT2D eigenvalue weighted by Crippen LogP contribution is -2.11. The van der Waals surface area contributed by atoms with E-state index in [0.29, 0.717) is 22.4 Å². The van der Waals surface area contributed by atoms with Gasteiger partial charge in [0.15, 0.2) is 5.82 Å². The third kappa shape index (κ3) is 3.46. The molecule has 0 atom stereocenters. The SMILES string of the molecule is N#CC(=Cc1ccc(-c2ccccc2)o1)c1nc2ccc(Br)cc2c(=O)[nH]1. The number of allylic oxidation sites excluding steroid dienone is 1. The minimum absolute atomic E-state index is 0.204. The fourth-order valence-electron chi connectivity index (χ4n) is 2.72. The molecule has 0 unspecified atom stereocenters. The van der Waals surface area contributed by atoms with Crippen LogP contribution in [0.3, 0.4) is 0 Å². The Morgan fingerprint density at radius 1 is 1.15 bits per heavy atom. The fourth-order valence-corrected chi connectivity index (χ4v) is 3.08. The molecule has 4 aromatic rings. The highest BCUT2D eigenvalue weighted by Crippen LogP contribution is 2.24. The molecule has 2 aromatic heterocycles. The van der Waals surface area contributed by atoms with Crippen molar-refractivity contribution in [1.29, 1.82) is 5.26 Å². The highest BCUT2D eigenvalue weighted by atomic mass is 79.9. The largest absolute Gasteiger partial charge is 0.457 e. The molecule has 0 amide bonds. The topological polar surface area (TPSA) is 82.7 Å². The predicted molar refractivity (Wildman–Crippen MR) is 108 cm³/mol. The van der Waals surface area contributed by atoms with Crippen LogP contribution < -0.4 is 5.56 Å². The molecule has 0 fully saturated rings. The second-order valence-electron chi connectivity index (χ2n) is 5.81. The summed E-state index contributed by atoms with van der Waals surface area (Å²) in [6.45, 7) is 0. The van der Waals surface area contributed by atoms with Crippen molar-refractivity contribution in [3.05, 3.63) is 87.1 Å². The molecule has 2 heterocycles. The Hall–Kier alpha value is -3.43. The zero-order valence-corrected chi connectivity index (χ0v) is 15.5. The molecule has 1 N–H and O–H groups in total. The molecule has 0 radical (unpaired) electrons. The van der Waals surface area contributed by atoms with Crippen LogP contribution in [0.5, 0.6) is 0 Å². The van der Waals surface area contributed by atoms with Gasteiger partial charge in [-0.2, -0.15) is 5.26 Å². The molecule has 0 bridgehead atoms. The molecule has 0 aliphatic rings. The average molecular weight is 418 g/mol. The average Bonchev–Trinajstić information content (AvgIpc) is 3.16. The van der Waals surface area contributed by atoms with Gasteiger partial charge in [-0.3, -0.25) is 4.79 Å². The first kappa shape index (κ1) is 17.0. The van der Waals surface area contributed by atoms with Gasteiger partial charge >= 0.3 is 0 Å². The van der Waals surface area contributed by atoms with Crippen molar-refractivity contribution >= 4 is 38.5 Å². The van der Waals surface area contributed by atoms with Crippen molar-refractivity contribution in [1.82, 2.24) is 9.97 Å². The molecular formula is C21H12BrN3O2. The monoisotopic (exact) mass is 417 g/mol. The van der Waals surface area contributed by atoms with E-state index in [-0.39, 0.29) is 17.0 Å². The van der Waals surface area contributed by atoms with Crippen LogP contribution in [-0.4, -0.2) is 9.97 Å². The van der Waals surface area contributed by atoms with Crippen molar-refractivity contribution in [2.45, 2.75) is 0 Å². The quantitative estimate of drug-likeness (QED) is 0.474. The van der Waals surface area contributed by atoms with E-state index in [1.165, 1.54) is 0 Å². The highest BCUT2D eigenvalue weighted by molar-refractivity contribution is 9.10. The van der Waals surface area contributed by atoms with E-state index in [4.69, 9.17) is 4.42 Å². The molecular weight excluding hydrogens is 406 g/mol. The first-order chi connectivity index (χ1) is 13.1. The maximum Gasteiger partial charge on any atom is 0.259 e. The number of aromatic amines is 1. The van der Waals surface area contributed by atoms with E-state index in [2.05, 4.69) is 32.0 Å². The van der Waals surface area contributed by atoms with Gasteiger partial charge in [0.25, 0.3) is 5.56 Å². The Morgan fingerprint density at radius 2 is 1.96 bits per heavy atom. The number of hydrogen-bond donors (Lipinski definition) is 1. The summed E-state index contributed by atoms with van der Waals surface area (Å²) in [6, 6.07) is 20.6. The van der Waals surface area contributed by atoms with Gasteiger partial charge in [-0.15, -0.1) is 0 Å². The van der Waals surface area contributed by atoms with Gasteiger partial charge in [0.2, 0.25) is 0 Å². The van der Waals surface area contributed by atoms with Gasteiger partial charge < -0.3 is 9.40 Å². The number of H-pyrrole nitrogens is 1. The van der Waals surface area contributed by atoms with Crippen LogP contribution >= 0.6 is 15.9 Å². The minimum atomic E-state index is -0.304. The van der Waals surface area contributed by atoms with Gasteiger partial charge in [-0.1, -0.05) is 46.3 Å². The lowest BCUT2D eigenvalue weighted by molar-refractivity contribution is 0.572. The minimum Gasteiger partial charge on any atom is -0.457 e. The van der Waals surface area contributed by atoms with Crippen molar-refractivity contribution in [3.8, 4) is 17.4 Å². The second kappa shape index (κ2) is 7.06. The van der Waals surface area contributed by atoms with E-state index < -0.39 is 0 Å². The molecule has 0 spiro atoms. The number of rotatable bonds is 3. The van der Waals surface area contributed by atoms with E-state index in [0.717, 1.165) is 10.0 Å². The summed E-state index contributed by atoms with van der Waals surface area (Å²) < 4.78 is 6.59. The van der Waals surface area contributed by atoms with E-state index >= 15 is 0 Å². The van der Waals surface area contributed by atoms with Gasteiger partial charge in [0.1, 0.15) is 17.6 Å². The summed E-state index contributed by atoms with van der Waals surface area (Å²) in [7, 11) is 0. The highest BCUT2D eigenvalue weighted by Gasteiger charge is 2.10. The van der Waals surface area contributed by atoms with Gasteiger partial charge in [-0.25, -0.2) is 4.98 Å². The zero-order chi connectivity index (χ0) is 18.8. The summed E-state index contributed by atoms with van der Waals surface area (Å²) in [4.78, 5) is 19.4. The molecule has 0 saturated heterocycles. The lowest BCUT2D eigenvalue weighted by atomic mass is 10.2. The van der Waals surface area contributed by atoms with E-state index in [1.807, 2.05) is 36.4 Å². The molecule has 6 heteroatoms. The molecule has 130 valence electrons. The van der Waals surface area contributed by atoms with Crippen LogP contribution in [-0.2, 0) is 0 Å². The summed E-state index contributed by atoms with van der Waals surface area (Å²) >= 11 is 3.34. The summed E-state index contributed by atoms with van der Waals surface area (Å²) in [5.41, 5.74) is 1.37. The second-order valence-corrected chi connectivity index (χ2v) is 6.73. The number of nitriles is 1. The number of furan rings is 1. The molecule has 0 aliphatic carbocycles. The summed E-state index contributed by atoms with van der Waals surface area (Å²) in [5.74, 6) is 1.41. The molecule has 4 rings (SSSR count).